The van der Waals surface area contributed by atoms with Crippen molar-refractivity contribution in [3.05, 3.63) is 40.2 Å². The van der Waals surface area contributed by atoms with Crippen LogP contribution < -0.4 is 5.73 Å². The van der Waals surface area contributed by atoms with Crippen molar-refractivity contribution in [2.75, 3.05) is 5.73 Å². The zero-order valence-corrected chi connectivity index (χ0v) is 9.13. The van der Waals surface area contributed by atoms with Crippen LogP contribution in [0.25, 0.3) is 5.82 Å². The summed E-state index contributed by atoms with van der Waals surface area (Å²) >= 11 is 0. The van der Waals surface area contributed by atoms with Gasteiger partial charge in [0.2, 0.25) is 0 Å². The van der Waals surface area contributed by atoms with Crippen LogP contribution in [0.15, 0.2) is 24.5 Å². The Morgan fingerprint density at radius 3 is 2.58 bits per heavy atom. The molecule has 0 unspecified atom stereocenters. The molecule has 7 nitrogen and oxygen atoms in total. The van der Waals surface area contributed by atoms with Crippen molar-refractivity contribution in [1.82, 2.24) is 14.8 Å². The lowest BCUT2D eigenvalue weighted by Crippen LogP contribution is -2.04. The van der Waals surface area contributed by atoms with Crippen molar-refractivity contribution in [3.8, 4) is 5.82 Å². The number of rotatable bonds is 2. The highest BCUT2D eigenvalue weighted by atomic mass is 19.4. The number of nitro groups is 1. The van der Waals surface area contributed by atoms with Gasteiger partial charge in [0.1, 0.15) is 5.82 Å². The summed E-state index contributed by atoms with van der Waals surface area (Å²) in [6.07, 6.45) is -3.29. The van der Waals surface area contributed by atoms with Crippen LogP contribution in [0.2, 0.25) is 0 Å². The monoisotopic (exact) mass is 273 g/mol. The highest BCUT2D eigenvalue weighted by Gasteiger charge is 2.32. The number of nitrogen functional groups attached to an aromatic ring is 1. The number of aromatic nitrogens is 3. The summed E-state index contributed by atoms with van der Waals surface area (Å²) in [6.45, 7) is 0. The average molecular weight is 273 g/mol. The summed E-state index contributed by atoms with van der Waals surface area (Å²) in [5.74, 6) is -0.351. The second-order valence-electron chi connectivity index (χ2n) is 3.54. The molecule has 0 aliphatic carbocycles. The van der Waals surface area contributed by atoms with Crippen molar-refractivity contribution in [1.29, 1.82) is 0 Å². The van der Waals surface area contributed by atoms with E-state index in [4.69, 9.17) is 5.73 Å². The van der Waals surface area contributed by atoms with Crippen LogP contribution in [0.5, 0.6) is 0 Å². The van der Waals surface area contributed by atoms with Crippen LogP contribution in [0.4, 0.5) is 24.7 Å². The fourth-order valence-corrected chi connectivity index (χ4v) is 1.34. The fourth-order valence-electron chi connectivity index (χ4n) is 1.34. The summed E-state index contributed by atoms with van der Waals surface area (Å²) in [5, 5.41) is 14.1. The predicted octanol–water partition coefficient (Wildman–Crippen LogP) is 1.78. The van der Waals surface area contributed by atoms with Crippen molar-refractivity contribution in [2.24, 2.45) is 0 Å². The number of hydrogen-bond acceptors (Lipinski definition) is 5. The second kappa shape index (κ2) is 4.23. The first kappa shape index (κ1) is 12.8. The van der Waals surface area contributed by atoms with Gasteiger partial charge < -0.3 is 5.73 Å². The number of hydrogen-bond donors (Lipinski definition) is 1. The van der Waals surface area contributed by atoms with Crippen molar-refractivity contribution in [3.63, 3.8) is 0 Å². The molecule has 0 atom stereocenters. The molecule has 0 aromatic carbocycles. The van der Waals surface area contributed by atoms with Crippen LogP contribution in [-0.4, -0.2) is 19.7 Å². The standard InChI is InChI=1S/C9H6F3N5O2/c10-9(11,12)5-3-14-16(4-5)8-2-6(17(18)19)1-7(13)15-8/h1-4H,(H2,13,15). The number of halogens is 3. The minimum atomic E-state index is -4.55. The Balaban J connectivity index is 2.47. The first-order valence-corrected chi connectivity index (χ1v) is 4.81. The maximum atomic E-state index is 12.4. The molecule has 2 rings (SSSR count). The van der Waals surface area contributed by atoms with E-state index in [1.54, 1.807) is 0 Å². The van der Waals surface area contributed by atoms with Crippen LogP contribution in [0.1, 0.15) is 5.56 Å². The second-order valence-corrected chi connectivity index (χ2v) is 3.54. The Morgan fingerprint density at radius 2 is 2.05 bits per heavy atom. The van der Waals surface area contributed by atoms with Gasteiger partial charge in [0.05, 0.1) is 28.8 Å². The third kappa shape index (κ3) is 2.61. The molecule has 0 aliphatic heterocycles. The van der Waals surface area contributed by atoms with Gasteiger partial charge in [-0.3, -0.25) is 10.1 Å². The highest BCUT2D eigenvalue weighted by molar-refractivity contribution is 5.47. The molecule has 2 heterocycles. The zero-order valence-electron chi connectivity index (χ0n) is 9.13. The Bertz CT molecular complexity index is 637. The van der Waals surface area contributed by atoms with Gasteiger partial charge in [-0.2, -0.15) is 18.3 Å². The van der Waals surface area contributed by atoms with Gasteiger partial charge >= 0.3 is 6.18 Å². The maximum Gasteiger partial charge on any atom is 0.419 e. The first-order chi connectivity index (χ1) is 8.77. The summed E-state index contributed by atoms with van der Waals surface area (Å²) in [4.78, 5) is 13.6. The molecular weight excluding hydrogens is 267 g/mol. The average Bonchev–Trinajstić information content (AvgIpc) is 2.76. The van der Waals surface area contributed by atoms with Gasteiger partial charge in [0.15, 0.2) is 5.82 Å². The summed E-state index contributed by atoms with van der Waals surface area (Å²) in [6, 6.07) is 1.97. The SMILES string of the molecule is Nc1cc([N+](=O)[O-])cc(-n2cc(C(F)(F)F)cn2)n1. The van der Waals surface area contributed by atoms with E-state index in [0.29, 0.717) is 12.4 Å². The van der Waals surface area contributed by atoms with E-state index in [1.165, 1.54) is 0 Å². The number of alkyl halides is 3. The number of nitrogens with two attached hydrogens (primary N) is 1. The molecule has 0 radical (unpaired) electrons. The summed E-state index contributed by atoms with van der Waals surface area (Å²) in [5.41, 5.74) is 3.98. The Labute approximate surface area is 103 Å². The van der Waals surface area contributed by atoms with Gasteiger partial charge in [-0.15, -0.1) is 0 Å². The molecule has 0 bridgehead atoms. The molecule has 2 aromatic rings. The molecule has 100 valence electrons. The van der Waals surface area contributed by atoms with E-state index in [2.05, 4.69) is 10.1 Å². The zero-order chi connectivity index (χ0) is 14.2. The first-order valence-electron chi connectivity index (χ1n) is 4.81. The normalized spacial score (nSPS) is 11.5. The third-order valence-corrected chi connectivity index (χ3v) is 2.17. The van der Waals surface area contributed by atoms with Crippen LogP contribution in [-0.2, 0) is 6.18 Å². The van der Waals surface area contributed by atoms with Crippen molar-refractivity contribution >= 4 is 11.5 Å². The smallest absolute Gasteiger partial charge is 0.383 e. The van der Waals surface area contributed by atoms with Crippen LogP contribution in [0.3, 0.4) is 0 Å². The van der Waals surface area contributed by atoms with Crippen molar-refractivity contribution < 1.29 is 18.1 Å². The molecule has 10 heteroatoms. The Kier molecular flexibility index (Phi) is 2.85. The van der Waals surface area contributed by atoms with E-state index in [0.717, 1.165) is 16.8 Å². The van der Waals surface area contributed by atoms with E-state index >= 15 is 0 Å². The molecular formula is C9H6F3N5O2. The minimum Gasteiger partial charge on any atom is -0.383 e. The summed E-state index contributed by atoms with van der Waals surface area (Å²) in [7, 11) is 0. The predicted molar refractivity (Wildman–Crippen MR) is 57.4 cm³/mol. The lowest BCUT2D eigenvalue weighted by atomic mass is 10.3. The molecule has 0 saturated carbocycles. The molecule has 0 fully saturated rings. The third-order valence-electron chi connectivity index (χ3n) is 2.17. The maximum absolute atomic E-state index is 12.4. The highest BCUT2D eigenvalue weighted by Crippen LogP contribution is 2.29. The van der Waals surface area contributed by atoms with Gasteiger partial charge in [-0.05, 0) is 0 Å². The number of nitrogens with zero attached hydrogens (tertiary/aromatic N) is 4. The number of pyridine rings is 1. The molecule has 0 amide bonds. The molecule has 0 aliphatic rings. The molecule has 0 spiro atoms. The van der Waals surface area contributed by atoms with E-state index in [-0.39, 0.29) is 17.3 Å². The number of anilines is 1. The topological polar surface area (TPSA) is 99.9 Å². The van der Waals surface area contributed by atoms with E-state index in [1.807, 2.05) is 0 Å². The minimum absolute atomic E-state index is 0.165. The largest absolute Gasteiger partial charge is 0.419 e. The van der Waals surface area contributed by atoms with Crippen LogP contribution >= 0.6 is 0 Å². The fraction of sp³-hybridized carbons (Fsp3) is 0.111. The van der Waals surface area contributed by atoms with Gasteiger partial charge in [0, 0.05) is 6.20 Å². The van der Waals surface area contributed by atoms with Gasteiger partial charge in [0.25, 0.3) is 5.69 Å². The van der Waals surface area contributed by atoms with Crippen LogP contribution in [0, 0.1) is 10.1 Å². The molecule has 2 aromatic heterocycles. The summed E-state index contributed by atoms with van der Waals surface area (Å²) < 4.78 is 38.0. The van der Waals surface area contributed by atoms with Crippen molar-refractivity contribution in [2.45, 2.75) is 6.18 Å². The Morgan fingerprint density at radius 1 is 1.37 bits per heavy atom. The van der Waals surface area contributed by atoms with Gasteiger partial charge in [-0.1, -0.05) is 0 Å². The molecule has 0 saturated heterocycles. The lowest BCUT2D eigenvalue weighted by molar-refractivity contribution is -0.384. The molecule has 19 heavy (non-hydrogen) atoms. The van der Waals surface area contributed by atoms with E-state index in [9.17, 15) is 23.3 Å². The lowest BCUT2D eigenvalue weighted by Gasteiger charge is -2.02. The quantitative estimate of drug-likeness (QED) is 0.664. The van der Waals surface area contributed by atoms with Gasteiger partial charge in [-0.25, -0.2) is 9.67 Å². The van der Waals surface area contributed by atoms with E-state index < -0.39 is 16.7 Å². The molecule has 2 N–H and O–H groups in total. The Hall–Kier alpha value is -2.65.